The van der Waals surface area contributed by atoms with Crippen molar-refractivity contribution >= 4 is 5.91 Å². The first-order valence-corrected chi connectivity index (χ1v) is 7.86. The van der Waals surface area contributed by atoms with Gasteiger partial charge < -0.3 is 14.7 Å². The molecule has 1 atom stereocenters. The van der Waals surface area contributed by atoms with Crippen LogP contribution < -0.4 is 5.32 Å². The summed E-state index contributed by atoms with van der Waals surface area (Å²) in [7, 11) is 1.90. The molecule has 2 rings (SSSR count). The maximum Gasteiger partial charge on any atom is 0.228 e. The van der Waals surface area contributed by atoms with Gasteiger partial charge in [-0.2, -0.15) is 4.98 Å². The van der Waals surface area contributed by atoms with E-state index < -0.39 is 0 Å². The van der Waals surface area contributed by atoms with Crippen molar-refractivity contribution in [3.05, 3.63) is 47.6 Å². The van der Waals surface area contributed by atoms with Gasteiger partial charge >= 0.3 is 0 Å². The molecular formula is C17H24N4O2. The lowest BCUT2D eigenvalue weighted by Gasteiger charge is -2.20. The van der Waals surface area contributed by atoms with Gasteiger partial charge in [-0.05, 0) is 19.5 Å². The lowest BCUT2D eigenvalue weighted by Crippen LogP contribution is -2.30. The summed E-state index contributed by atoms with van der Waals surface area (Å²) < 4.78 is 5.26. The standard InChI is InChI=1S/C17H24N4O2/c1-13(18-3)11-16-19-17(23-20-16)9-10-21(14(2)22)12-15-7-5-4-6-8-15/h4-8,13,18H,9-12H2,1-3H3. The molecule has 0 spiro atoms. The van der Waals surface area contributed by atoms with Gasteiger partial charge in [0.15, 0.2) is 5.82 Å². The number of aromatic nitrogens is 2. The quantitative estimate of drug-likeness (QED) is 0.804. The third-order valence-corrected chi connectivity index (χ3v) is 3.75. The maximum absolute atomic E-state index is 11.8. The summed E-state index contributed by atoms with van der Waals surface area (Å²) >= 11 is 0. The Morgan fingerprint density at radius 2 is 2.09 bits per heavy atom. The average Bonchev–Trinajstić information content (AvgIpc) is 2.99. The van der Waals surface area contributed by atoms with Crippen LogP contribution in [0.25, 0.3) is 0 Å². The molecule has 1 unspecified atom stereocenters. The van der Waals surface area contributed by atoms with E-state index in [1.165, 1.54) is 0 Å². The van der Waals surface area contributed by atoms with Gasteiger partial charge in [0, 0.05) is 38.9 Å². The molecule has 6 nitrogen and oxygen atoms in total. The predicted octanol–water partition coefficient (Wildman–Crippen LogP) is 1.81. The smallest absolute Gasteiger partial charge is 0.228 e. The maximum atomic E-state index is 11.8. The summed E-state index contributed by atoms with van der Waals surface area (Å²) in [4.78, 5) is 18.0. The highest BCUT2D eigenvalue weighted by atomic mass is 16.5. The van der Waals surface area contributed by atoms with E-state index in [1.807, 2.05) is 37.4 Å². The van der Waals surface area contributed by atoms with Crippen LogP contribution in [-0.4, -0.2) is 40.6 Å². The first kappa shape index (κ1) is 17.1. The lowest BCUT2D eigenvalue weighted by atomic mass is 10.2. The molecule has 1 N–H and O–H groups in total. The van der Waals surface area contributed by atoms with Gasteiger partial charge in [0.1, 0.15) is 0 Å². The molecule has 6 heteroatoms. The molecule has 0 aliphatic carbocycles. The Hall–Kier alpha value is -2.21. The summed E-state index contributed by atoms with van der Waals surface area (Å²) in [6.07, 6.45) is 1.29. The number of hydrogen-bond acceptors (Lipinski definition) is 5. The molecule has 0 saturated carbocycles. The van der Waals surface area contributed by atoms with E-state index in [0.717, 1.165) is 12.0 Å². The van der Waals surface area contributed by atoms with Gasteiger partial charge in [0.2, 0.25) is 11.8 Å². The third-order valence-electron chi connectivity index (χ3n) is 3.75. The Bertz CT molecular complexity index is 612. The highest BCUT2D eigenvalue weighted by molar-refractivity contribution is 5.73. The Balaban J connectivity index is 1.90. The SMILES string of the molecule is CNC(C)Cc1noc(CCN(Cc2ccccc2)C(C)=O)n1. The van der Waals surface area contributed by atoms with Crippen molar-refractivity contribution in [2.45, 2.75) is 39.3 Å². The molecule has 124 valence electrons. The van der Waals surface area contributed by atoms with Crippen molar-refractivity contribution in [3.8, 4) is 0 Å². The zero-order valence-electron chi connectivity index (χ0n) is 14.0. The van der Waals surface area contributed by atoms with Crippen LogP contribution >= 0.6 is 0 Å². The highest BCUT2D eigenvalue weighted by Crippen LogP contribution is 2.07. The highest BCUT2D eigenvalue weighted by Gasteiger charge is 2.13. The van der Waals surface area contributed by atoms with E-state index in [9.17, 15) is 4.79 Å². The van der Waals surface area contributed by atoms with Crippen LogP contribution in [0.15, 0.2) is 34.9 Å². The van der Waals surface area contributed by atoms with Crippen LogP contribution in [0.1, 0.15) is 31.1 Å². The topological polar surface area (TPSA) is 71.3 Å². The lowest BCUT2D eigenvalue weighted by molar-refractivity contribution is -0.129. The Labute approximate surface area is 136 Å². The molecular weight excluding hydrogens is 292 g/mol. The van der Waals surface area contributed by atoms with Crippen LogP contribution in [0.5, 0.6) is 0 Å². The van der Waals surface area contributed by atoms with E-state index >= 15 is 0 Å². The van der Waals surface area contributed by atoms with Crippen molar-refractivity contribution in [3.63, 3.8) is 0 Å². The minimum absolute atomic E-state index is 0.0393. The number of amides is 1. The van der Waals surface area contributed by atoms with Crippen molar-refractivity contribution in [2.24, 2.45) is 0 Å². The predicted molar refractivity (Wildman–Crippen MR) is 87.8 cm³/mol. The number of rotatable bonds is 8. The van der Waals surface area contributed by atoms with Gasteiger partial charge in [0.25, 0.3) is 0 Å². The molecule has 1 aromatic heterocycles. The number of likely N-dealkylation sites (N-methyl/N-ethyl adjacent to an activating group) is 1. The van der Waals surface area contributed by atoms with Crippen molar-refractivity contribution in [1.82, 2.24) is 20.4 Å². The number of carbonyl (C=O) groups excluding carboxylic acids is 1. The van der Waals surface area contributed by atoms with Crippen LogP contribution in [0.3, 0.4) is 0 Å². The largest absolute Gasteiger partial charge is 0.339 e. The fourth-order valence-electron chi connectivity index (χ4n) is 2.23. The van der Waals surface area contributed by atoms with Gasteiger partial charge in [-0.3, -0.25) is 4.79 Å². The van der Waals surface area contributed by atoms with E-state index in [-0.39, 0.29) is 5.91 Å². The van der Waals surface area contributed by atoms with Crippen LogP contribution in [-0.2, 0) is 24.2 Å². The Morgan fingerprint density at radius 1 is 1.35 bits per heavy atom. The van der Waals surface area contributed by atoms with Gasteiger partial charge in [0.05, 0.1) is 0 Å². The molecule has 0 radical (unpaired) electrons. The second-order valence-corrected chi connectivity index (χ2v) is 5.67. The van der Waals surface area contributed by atoms with Crippen LogP contribution in [0.4, 0.5) is 0 Å². The first-order chi connectivity index (χ1) is 11.1. The molecule has 1 aromatic carbocycles. The summed E-state index contributed by atoms with van der Waals surface area (Å²) in [6, 6.07) is 10.2. The van der Waals surface area contributed by atoms with Gasteiger partial charge in [-0.25, -0.2) is 0 Å². The summed E-state index contributed by atoms with van der Waals surface area (Å²) in [5, 5.41) is 7.12. The van der Waals surface area contributed by atoms with E-state index in [1.54, 1.807) is 11.8 Å². The van der Waals surface area contributed by atoms with Gasteiger partial charge in [-0.1, -0.05) is 35.5 Å². The van der Waals surface area contributed by atoms with E-state index in [4.69, 9.17) is 4.52 Å². The summed E-state index contributed by atoms with van der Waals surface area (Å²) in [6.45, 7) is 4.80. The normalized spacial score (nSPS) is 12.1. The summed E-state index contributed by atoms with van der Waals surface area (Å²) in [5.74, 6) is 1.30. The second-order valence-electron chi connectivity index (χ2n) is 5.67. The molecule has 2 aromatic rings. The zero-order chi connectivity index (χ0) is 16.7. The number of benzene rings is 1. The third kappa shape index (κ3) is 5.49. The number of carbonyl (C=O) groups is 1. The Kier molecular flexibility index (Phi) is 6.29. The average molecular weight is 316 g/mol. The monoisotopic (exact) mass is 316 g/mol. The molecule has 0 saturated heterocycles. The fraction of sp³-hybridized carbons (Fsp3) is 0.471. The molecule has 0 fully saturated rings. The molecule has 0 bridgehead atoms. The Morgan fingerprint density at radius 3 is 2.74 bits per heavy atom. The minimum Gasteiger partial charge on any atom is -0.339 e. The van der Waals surface area contributed by atoms with Crippen LogP contribution in [0.2, 0.25) is 0 Å². The summed E-state index contributed by atoms with van der Waals surface area (Å²) in [5.41, 5.74) is 1.11. The van der Waals surface area contributed by atoms with Crippen molar-refractivity contribution in [2.75, 3.05) is 13.6 Å². The molecule has 0 aliphatic heterocycles. The van der Waals surface area contributed by atoms with E-state index in [0.29, 0.717) is 37.3 Å². The minimum atomic E-state index is 0.0393. The number of nitrogens with one attached hydrogen (secondary N) is 1. The van der Waals surface area contributed by atoms with E-state index in [2.05, 4.69) is 22.4 Å². The van der Waals surface area contributed by atoms with Crippen LogP contribution in [0, 0.1) is 0 Å². The van der Waals surface area contributed by atoms with Crippen molar-refractivity contribution in [1.29, 1.82) is 0 Å². The number of nitrogens with zero attached hydrogens (tertiary/aromatic N) is 3. The number of hydrogen-bond donors (Lipinski definition) is 1. The van der Waals surface area contributed by atoms with Crippen molar-refractivity contribution < 1.29 is 9.32 Å². The second kappa shape index (κ2) is 8.43. The van der Waals surface area contributed by atoms with Gasteiger partial charge in [-0.15, -0.1) is 0 Å². The zero-order valence-corrected chi connectivity index (χ0v) is 14.0. The molecule has 1 amide bonds. The molecule has 1 heterocycles. The fourth-order valence-corrected chi connectivity index (χ4v) is 2.23. The first-order valence-electron chi connectivity index (χ1n) is 7.86. The molecule has 0 aliphatic rings. The molecule has 23 heavy (non-hydrogen) atoms.